The first kappa shape index (κ1) is 9.08. The summed E-state index contributed by atoms with van der Waals surface area (Å²) in [4.78, 5) is 17.2. The van der Waals surface area contributed by atoms with Crippen molar-refractivity contribution in [2.24, 2.45) is 5.92 Å². The number of aromatic nitrogens is 2. The highest BCUT2D eigenvalue weighted by atomic mass is 79.9. The summed E-state index contributed by atoms with van der Waals surface area (Å²) in [6, 6.07) is 0. The Morgan fingerprint density at radius 3 is 3.15 bits per heavy atom. The topological polar surface area (TPSA) is 46.1 Å². The SMILES string of the molecule is O=C1CC(CBr)CN1c1ncns1. The Kier molecular flexibility index (Phi) is 2.59. The highest BCUT2D eigenvalue weighted by Crippen LogP contribution is 2.26. The fourth-order valence-corrected chi connectivity index (χ4v) is 2.35. The minimum Gasteiger partial charge on any atom is -0.287 e. The molecule has 13 heavy (non-hydrogen) atoms. The third-order valence-corrected chi connectivity index (χ3v) is 3.61. The fourth-order valence-electron chi connectivity index (χ4n) is 1.36. The van der Waals surface area contributed by atoms with Gasteiger partial charge in [0.2, 0.25) is 11.0 Å². The van der Waals surface area contributed by atoms with Crippen LogP contribution in [-0.2, 0) is 4.79 Å². The van der Waals surface area contributed by atoms with E-state index in [9.17, 15) is 4.79 Å². The predicted octanol–water partition coefficient (Wildman–Crippen LogP) is 1.29. The second-order valence-corrected chi connectivity index (χ2v) is 4.36. The first-order valence-electron chi connectivity index (χ1n) is 3.94. The number of hydrogen-bond acceptors (Lipinski definition) is 4. The largest absolute Gasteiger partial charge is 0.287 e. The van der Waals surface area contributed by atoms with E-state index in [1.807, 2.05) is 0 Å². The monoisotopic (exact) mass is 261 g/mol. The molecule has 0 aliphatic carbocycles. The van der Waals surface area contributed by atoms with Gasteiger partial charge < -0.3 is 0 Å². The highest BCUT2D eigenvalue weighted by molar-refractivity contribution is 9.09. The maximum absolute atomic E-state index is 11.5. The van der Waals surface area contributed by atoms with Gasteiger partial charge in [-0.15, -0.1) is 0 Å². The first-order chi connectivity index (χ1) is 6.31. The van der Waals surface area contributed by atoms with Crippen LogP contribution in [0.2, 0.25) is 0 Å². The molecule has 1 unspecified atom stereocenters. The van der Waals surface area contributed by atoms with E-state index in [1.165, 1.54) is 17.9 Å². The second kappa shape index (κ2) is 3.71. The first-order valence-corrected chi connectivity index (χ1v) is 5.83. The van der Waals surface area contributed by atoms with E-state index in [0.29, 0.717) is 17.5 Å². The molecule has 0 aromatic carbocycles. The van der Waals surface area contributed by atoms with Crippen LogP contribution in [0.4, 0.5) is 5.13 Å². The lowest BCUT2D eigenvalue weighted by atomic mass is 10.2. The summed E-state index contributed by atoms with van der Waals surface area (Å²) in [5.41, 5.74) is 0. The summed E-state index contributed by atoms with van der Waals surface area (Å²) in [6.07, 6.45) is 2.10. The zero-order valence-corrected chi connectivity index (χ0v) is 9.21. The van der Waals surface area contributed by atoms with Gasteiger partial charge in [0.1, 0.15) is 6.33 Å². The fraction of sp³-hybridized carbons (Fsp3) is 0.571. The van der Waals surface area contributed by atoms with Gasteiger partial charge in [-0.05, 0) is 5.92 Å². The minimum absolute atomic E-state index is 0.154. The van der Waals surface area contributed by atoms with Crippen molar-refractivity contribution in [2.45, 2.75) is 6.42 Å². The lowest BCUT2D eigenvalue weighted by Gasteiger charge is -2.10. The lowest BCUT2D eigenvalue weighted by Crippen LogP contribution is -2.24. The summed E-state index contributed by atoms with van der Waals surface area (Å²) >= 11 is 4.65. The molecule has 1 atom stereocenters. The molecule has 1 aliphatic heterocycles. The van der Waals surface area contributed by atoms with E-state index in [-0.39, 0.29) is 5.91 Å². The van der Waals surface area contributed by atoms with Crippen molar-refractivity contribution in [1.82, 2.24) is 9.36 Å². The van der Waals surface area contributed by atoms with Gasteiger partial charge in [0.05, 0.1) is 0 Å². The van der Waals surface area contributed by atoms with Gasteiger partial charge in [0.25, 0.3) is 0 Å². The summed E-state index contributed by atoms with van der Waals surface area (Å²) in [6.45, 7) is 0.763. The Morgan fingerprint density at radius 1 is 1.77 bits per heavy atom. The van der Waals surface area contributed by atoms with Crippen molar-refractivity contribution in [3.63, 3.8) is 0 Å². The van der Waals surface area contributed by atoms with E-state index >= 15 is 0 Å². The van der Waals surface area contributed by atoms with Gasteiger partial charge in [-0.1, -0.05) is 15.9 Å². The third kappa shape index (κ3) is 1.73. The van der Waals surface area contributed by atoms with Crippen molar-refractivity contribution < 1.29 is 4.79 Å². The van der Waals surface area contributed by atoms with Crippen LogP contribution in [-0.4, -0.2) is 27.1 Å². The molecule has 1 amide bonds. The molecule has 1 aromatic rings. The summed E-state index contributed by atoms with van der Waals surface area (Å²) in [5, 5.41) is 1.59. The van der Waals surface area contributed by atoms with Crippen LogP contribution in [0.5, 0.6) is 0 Å². The number of halogens is 1. The minimum atomic E-state index is 0.154. The zero-order valence-electron chi connectivity index (χ0n) is 6.81. The number of amides is 1. The van der Waals surface area contributed by atoms with Crippen molar-refractivity contribution in [3.05, 3.63) is 6.33 Å². The van der Waals surface area contributed by atoms with Crippen molar-refractivity contribution >= 4 is 38.5 Å². The quantitative estimate of drug-likeness (QED) is 0.754. The van der Waals surface area contributed by atoms with Gasteiger partial charge in [-0.25, -0.2) is 4.98 Å². The zero-order chi connectivity index (χ0) is 9.26. The maximum Gasteiger partial charge on any atom is 0.229 e. The average molecular weight is 262 g/mol. The molecule has 1 saturated heterocycles. The second-order valence-electron chi connectivity index (χ2n) is 2.95. The molecule has 0 bridgehead atoms. The van der Waals surface area contributed by atoms with Crippen molar-refractivity contribution in [2.75, 3.05) is 16.8 Å². The van der Waals surface area contributed by atoms with Gasteiger partial charge in [0, 0.05) is 29.8 Å². The van der Waals surface area contributed by atoms with Crippen LogP contribution < -0.4 is 4.90 Å². The maximum atomic E-state index is 11.5. The van der Waals surface area contributed by atoms with E-state index in [2.05, 4.69) is 25.3 Å². The molecular weight excluding hydrogens is 254 g/mol. The van der Waals surface area contributed by atoms with E-state index < -0.39 is 0 Å². The van der Waals surface area contributed by atoms with E-state index in [4.69, 9.17) is 0 Å². The Morgan fingerprint density at radius 2 is 2.62 bits per heavy atom. The normalized spacial score (nSPS) is 22.7. The number of alkyl halides is 1. The molecule has 1 aliphatic rings. The molecule has 2 heterocycles. The highest BCUT2D eigenvalue weighted by Gasteiger charge is 2.31. The number of rotatable bonds is 2. The van der Waals surface area contributed by atoms with Gasteiger partial charge in [-0.3, -0.25) is 9.69 Å². The Hall–Kier alpha value is -0.490. The average Bonchev–Trinajstić information content (AvgIpc) is 2.72. The molecule has 4 nitrogen and oxygen atoms in total. The van der Waals surface area contributed by atoms with Crippen LogP contribution in [0.1, 0.15) is 6.42 Å². The van der Waals surface area contributed by atoms with Gasteiger partial charge in [-0.2, -0.15) is 4.37 Å². The molecule has 0 saturated carbocycles. The smallest absolute Gasteiger partial charge is 0.229 e. The molecule has 1 aromatic heterocycles. The third-order valence-electron chi connectivity index (χ3n) is 2.00. The van der Waals surface area contributed by atoms with E-state index in [0.717, 1.165) is 11.9 Å². The van der Waals surface area contributed by atoms with Gasteiger partial charge in [0.15, 0.2) is 0 Å². The molecular formula is C7H8BrN3OS. The number of carbonyl (C=O) groups excluding carboxylic acids is 1. The van der Waals surface area contributed by atoms with Crippen LogP contribution in [0.15, 0.2) is 6.33 Å². The lowest BCUT2D eigenvalue weighted by molar-refractivity contribution is -0.117. The van der Waals surface area contributed by atoms with Crippen LogP contribution in [0, 0.1) is 5.92 Å². The number of anilines is 1. The van der Waals surface area contributed by atoms with E-state index in [1.54, 1.807) is 4.90 Å². The van der Waals surface area contributed by atoms with Crippen molar-refractivity contribution in [3.8, 4) is 0 Å². The van der Waals surface area contributed by atoms with Crippen LogP contribution in [0.25, 0.3) is 0 Å². The van der Waals surface area contributed by atoms with Crippen molar-refractivity contribution in [1.29, 1.82) is 0 Å². The van der Waals surface area contributed by atoms with Crippen LogP contribution >= 0.6 is 27.5 Å². The summed E-state index contributed by atoms with van der Waals surface area (Å²) in [5.74, 6) is 0.567. The van der Waals surface area contributed by atoms with Crippen LogP contribution in [0.3, 0.4) is 0 Å². The number of hydrogen-bond donors (Lipinski definition) is 0. The molecule has 0 N–H and O–H groups in total. The molecule has 6 heteroatoms. The summed E-state index contributed by atoms with van der Waals surface area (Å²) < 4.78 is 3.88. The molecule has 0 spiro atoms. The Labute approximate surface area is 88.3 Å². The molecule has 1 fully saturated rings. The number of nitrogens with zero attached hydrogens (tertiary/aromatic N) is 3. The predicted molar refractivity (Wildman–Crippen MR) is 54.2 cm³/mol. The molecule has 0 radical (unpaired) electrons. The molecule has 2 rings (SSSR count). The Balaban J connectivity index is 2.14. The van der Waals surface area contributed by atoms with Gasteiger partial charge >= 0.3 is 0 Å². The number of carbonyl (C=O) groups is 1. The standard InChI is InChI=1S/C7H8BrN3OS/c8-2-5-1-6(12)11(3-5)7-9-4-10-13-7/h4-5H,1-3H2. The Bertz CT molecular complexity index is 303. The molecule has 70 valence electrons. The summed E-state index contributed by atoms with van der Waals surface area (Å²) in [7, 11) is 0.